The number of carbonyl (C=O) groups is 1. The first-order valence-electron chi connectivity index (χ1n) is 10.7. The van der Waals surface area contributed by atoms with E-state index in [1.165, 1.54) is 25.7 Å². The van der Waals surface area contributed by atoms with Crippen LogP contribution in [0.25, 0.3) is 17.1 Å². The van der Waals surface area contributed by atoms with Gasteiger partial charge in [-0.2, -0.15) is 0 Å². The van der Waals surface area contributed by atoms with Crippen molar-refractivity contribution in [1.29, 1.82) is 0 Å². The maximum absolute atomic E-state index is 13.5. The van der Waals surface area contributed by atoms with Crippen molar-refractivity contribution in [3.63, 3.8) is 0 Å². The van der Waals surface area contributed by atoms with E-state index < -0.39 is 0 Å². The minimum absolute atomic E-state index is 0.0199. The third-order valence-corrected chi connectivity index (χ3v) is 6.34. The number of fused-ring (bicyclic) bond motifs is 1. The molecule has 0 unspecified atom stereocenters. The Bertz CT molecular complexity index is 924. The Morgan fingerprint density at radius 3 is 2.34 bits per heavy atom. The summed E-state index contributed by atoms with van der Waals surface area (Å²) in [5.74, 6) is 1.64. The van der Waals surface area contributed by atoms with E-state index in [1.54, 1.807) is 4.68 Å². The molecule has 1 amide bonds. The standard InChI is InChI=1S/C24H26N4O/c29-24(27-17-9-13-18-10-7-8-16-21(18)27)22-25-23(19-11-3-1-4-12-19)28(26-22)20-14-5-2-6-15-20/h1-6,11-12,14-15,18,21H,7-10,13,16-17H2/t18-,21-/m0/s1. The summed E-state index contributed by atoms with van der Waals surface area (Å²) < 4.78 is 1.80. The summed E-state index contributed by atoms with van der Waals surface area (Å²) in [5, 5.41) is 4.68. The van der Waals surface area contributed by atoms with Gasteiger partial charge >= 0.3 is 0 Å². The molecule has 29 heavy (non-hydrogen) atoms. The van der Waals surface area contributed by atoms with Crippen LogP contribution in [-0.4, -0.2) is 38.2 Å². The molecule has 1 aliphatic heterocycles. The van der Waals surface area contributed by atoms with E-state index in [-0.39, 0.29) is 5.91 Å². The normalized spacial score (nSPS) is 21.6. The summed E-state index contributed by atoms with van der Waals surface area (Å²) in [5.41, 5.74) is 1.86. The zero-order valence-corrected chi connectivity index (χ0v) is 16.6. The fourth-order valence-corrected chi connectivity index (χ4v) is 4.93. The van der Waals surface area contributed by atoms with Gasteiger partial charge in [-0.3, -0.25) is 4.79 Å². The average molecular weight is 386 g/mol. The first kappa shape index (κ1) is 18.1. The molecule has 5 rings (SSSR count). The molecule has 3 aromatic rings. The van der Waals surface area contributed by atoms with E-state index in [4.69, 9.17) is 4.98 Å². The SMILES string of the molecule is O=C(c1nc(-c2ccccc2)n(-c2ccccc2)n1)N1CCC[C@@H]2CCCC[C@@H]21. The maximum atomic E-state index is 13.5. The average Bonchev–Trinajstić information content (AvgIpc) is 3.25. The molecule has 5 nitrogen and oxygen atoms in total. The number of piperidine rings is 1. The molecule has 148 valence electrons. The molecule has 2 aliphatic rings. The Hall–Kier alpha value is -2.95. The van der Waals surface area contributed by atoms with E-state index >= 15 is 0 Å². The topological polar surface area (TPSA) is 51.0 Å². The van der Waals surface area contributed by atoms with Gasteiger partial charge in [0.2, 0.25) is 5.82 Å². The van der Waals surface area contributed by atoms with Crippen LogP contribution in [0.4, 0.5) is 0 Å². The number of nitrogens with zero attached hydrogens (tertiary/aromatic N) is 4. The highest BCUT2D eigenvalue weighted by molar-refractivity contribution is 5.91. The van der Waals surface area contributed by atoms with E-state index in [0.29, 0.717) is 23.6 Å². The van der Waals surface area contributed by atoms with Gasteiger partial charge in [0.15, 0.2) is 5.82 Å². The van der Waals surface area contributed by atoms with E-state index in [0.717, 1.165) is 30.6 Å². The quantitative estimate of drug-likeness (QED) is 0.654. The van der Waals surface area contributed by atoms with Gasteiger partial charge < -0.3 is 4.90 Å². The second kappa shape index (κ2) is 7.82. The lowest BCUT2D eigenvalue weighted by atomic mass is 9.78. The summed E-state index contributed by atoms with van der Waals surface area (Å²) in [7, 11) is 0. The molecule has 2 fully saturated rings. The number of hydrogen-bond donors (Lipinski definition) is 0. The highest BCUT2D eigenvalue weighted by atomic mass is 16.2. The van der Waals surface area contributed by atoms with Gasteiger partial charge in [-0.15, -0.1) is 5.10 Å². The van der Waals surface area contributed by atoms with Crippen molar-refractivity contribution in [2.24, 2.45) is 5.92 Å². The molecule has 2 heterocycles. The van der Waals surface area contributed by atoms with Gasteiger partial charge in [-0.25, -0.2) is 9.67 Å². The van der Waals surface area contributed by atoms with E-state index in [2.05, 4.69) is 10.00 Å². The van der Waals surface area contributed by atoms with Crippen LogP contribution in [0.2, 0.25) is 0 Å². The minimum Gasteiger partial charge on any atom is -0.333 e. The lowest BCUT2D eigenvalue weighted by Crippen LogP contribution is -2.49. The maximum Gasteiger partial charge on any atom is 0.293 e. The third kappa shape index (κ3) is 3.46. The number of rotatable bonds is 3. The van der Waals surface area contributed by atoms with Crippen LogP contribution in [0, 0.1) is 5.92 Å². The number of carbonyl (C=O) groups excluding carboxylic acids is 1. The van der Waals surface area contributed by atoms with Crippen LogP contribution in [0.3, 0.4) is 0 Å². The molecule has 5 heteroatoms. The second-order valence-electron chi connectivity index (χ2n) is 8.13. The fraction of sp³-hybridized carbons (Fsp3) is 0.375. The first-order valence-corrected chi connectivity index (χ1v) is 10.7. The van der Waals surface area contributed by atoms with Crippen molar-refractivity contribution in [1.82, 2.24) is 19.7 Å². The third-order valence-electron chi connectivity index (χ3n) is 6.34. The van der Waals surface area contributed by atoms with Gasteiger partial charge in [-0.1, -0.05) is 61.4 Å². The number of amides is 1. The van der Waals surface area contributed by atoms with Crippen molar-refractivity contribution in [2.75, 3.05) is 6.54 Å². The van der Waals surface area contributed by atoms with Crippen LogP contribution >= 0.6 is 0 Å². The number of hydrogen-bond acceptors (Lipinski definition) is 3. The van der Waals surface area contributed by atoms with Gasteiger partial charge in [0, 0.05) is 18.2 Å². The number of likely N-dealkylation sites (tertiary alicyclic amines) is 1. The second-order valence-corrected chi connectivity index (χ2v) is 8.13. The Kier molecular flexibility index (Phi) is 4.88. The van der Waals surface area contributed by atoms with E-state index in [1.807, 2.05) is 60.7 Å². The highest BCUT2D eigenvalue weighted by Crippen LogP contribution is 2.36. The minimum atomic E-state index is -0.0199. The fourth-order valence-electron chi connectivity index (χ4n) is 4.93. The monoisotopic (exact) mass is 386 g/mol. The van der Waals surface area contributed by atoms with Crippen molar-refractivity contribution in [3.05, 3.63) is 66.5 Å². The van der Waals surface area contributed by atoms with Gasteiger partial charge in [0.1, 0.15) is 0 Å². The molecule has 1 saturated carbocycles. The lowest BCUT2D eigenvalue weighted by molar-refractivity contribution is 0.0379. The zero-order valence-electron chi connectivity index (χ0n) is 16.6. The summed E-state index contributed by atoms with van der Waals surface area (Å²) in [4.78, 5) is 20.3. The summed E-state index contributed by atoms with van der Waals surface area (Å²) in [6.45, 7) is 0.820. The zero-order chi connectivity index (χ0) is 19.6. The summed E-state index contributed by atoms with van der Waals surface area (Å²) in [6, 6.07) is 20.2. The van der Waals surface area contributed by atoms with Gasteiger partial charge in [0.05, 0.1) is 5.69 Å². The van der Waals surface area contributed by atoms with Crippen molar-refractivity contribution >= 4 is 5.91 Å². The lowest BCUT2D eigenvalue weighted by Gasteiger charge is -2.43. The summed E-state index contributed by atoms with van der Waals surface area (Å²) >= 11 is 0. The summed E-state index contributed by atoms with van der Waals surface area (Å²) in [6.07, 6.45) is 7.19. The molecule has 1 saturated heterocycles. The van der Waals surface area contributed by atoms with Crippen LogP contribution in [0.15, 0.2) is 60.7 Å². The molecule has 2 aromatic carbocycles. The number of aromatic nitrogens is 3. The highest BCUT2D eigenvalue weighted by Gasteiger charge is 2.37. The van der Waals surface area contributed by atoms with Crippen LogP contribution in [-0.2, 0) is 0 Å². The van der Waals surface area contributed by atoms with Crippen LogP contribution in [0.5, 0.6) is 0 Å². The van der Waals surface area contributed by atoms with Crippen molar-refractivity contribution in [2.45, 2.75) is 44.6 Å². The molecule has 2 atom stereocenters. The molecule has 0 spiro atoms. The molecule has 0 radical (unpaired) electrons. The first-order chi connectivity index (χ1) is 14.3. The predicted molar refractivity (Wildman–Crippen MR) is 113 cm³/mol. The molecule has 1 aromatic heterocycles. The van der Waals surface area contributed by atoms with Gasteiger partial charge in [-0.05, 0) is 43.7 Å². The van der Waals surface area contributed by atoms with Crippen LogP contribution in [0.1, 0.15) is 49.1 Å². The predicted octanol–water partition coefficient (Wildman–Crippen LogP) is 4.73. The molecule has 0 bridgehead atoms. The molecular weight excluding hydrogens is 360 g/mol. The molecular formula is C24H26N4O. The largest absolute Gasteiger partial charge is 0.333 e. The van der Waals surface area contributed by atoms with Crippen LogP contribution < -0.4 is 0 Å². The Labute approximate surface area is 171 Å². The Balaban J connectivity index is 1.53. The van der Waals surface area contributed by atoms with E-state index in [9.17, 15) is 4.79 Å². The molecule has 1 aliphatic carbocycles. The Morgan fingerprint density at radius 1 is 0.862 bits per heavy atom. The smallest absolute Gasteiger partial charge is 0.293 e. The van der Waals surface area contributed by atoms with Crippen molar-refractivity contribution in [3.8, 4) is 17.1 Å². The number of para-hydroxylation sites is 1. The van der Waals surface area contributed by atoms with Gasteiger partial charge in [0.25, 0.3) is 5.91 Å². The van der Waals surface area contributed by atoms with Crippen molar-refractivity contribution < 1.29 is 4.79 Å². The molecule has 0 N–H and O–H groups in total. The Morgan fingerprint density at radius 2 is 1.55 bits per heavy atom. The number of benzene rings is 2.